The molecule has 3 aliphatic rings. The number of carbonyl (C=O) groups is 1. The summed E-state index contributed by atoms with van der Waals surface area (Å²) in [5.41, 5.74) is 7.24. The molecular weight excluding hydrogens is 586 g/mol. The van der Waals surface area contributed by atoms with E-state index in [0.29, 0.717) is 36.3 Å². The van der Waals surface area contributed by atoms with Gasteiger partial charge in [-0.25, -0.2) is 0 Å². The Bertz CT molecular complexity index is 1630. The van der Waals surface area contributed by atoms with E-state index in [1.165, 1.54) is 5.56 Å². The fourth-order valence-electron chi connectivity index (χ4n) is 7.79. The zero-order chi connectivity index (χ0) is 33.5. The van der Waals surface area contributed by atoms with Crippen molar-refractivity contribution in [3.63, 3.8) is 0 Å². The van der Waals surface area contributed by atoms with Crippen molar-refractivity contribution in [3.05, 3.63) is 94.5 Å². The van der Waals surface area contributed by atoms with Gasteiger partial charge in [-0.1, -0.05) is 36.6 Å². The molecule has 2 aliphatic carbocycles. The number of piperidine rings is 1. The van der Waals surface area contributed by atoms with Crippen LogP contribution in [0.2, 0.25) is 0 Å². The van der Waals surface area contributed by atoms with Crippen molar-refractivity contribution in [1.29, 1.82) is 5.26 Å². The van der Waals surface area contributed by atoms with Crippen LogP contribution < -0.4 is 16.0 Å². The van der Waals surface area contributed by atoms with Gasteiger partial charge < -0.3 is 20.9 Å². The number of hydrogen-bond donors (Lipinski definition) is 4. The van der Waals surface area contributed by atoms with Crippen LogP contribution in [0.3, 0.4) is 0 Å². The quantitative estimate of drug-likeness (QED) is 0.227. The van der Waals surface area contributed by atoms with Crippen molar-refractivity contribution in [2.75, 3.05) is 6.54 Å². The van der Waals surface area contributed by atoms with Crippen LogP contribution in [-0.4, -0.2) is 68.2 Å². The molecule has 6 rings (SSSR count). The van der Waals surface area contributed by atoms with E-state index in [2.05, 4.69) is 106 Å². The second-order valence-electron chi connectivity index (χ2n) is 14.2. The highest BCUT2D eigenvalue weighted by molar-refractivity contribution is 5.94. The summed E-state index contributed by atoms with van der Waals surface area (Å²) in [6.45, 7) is 19.6. The fraction of sp³-hybridized carbons (Fsp3) is 0.486. The molecule has 2 fully saturated rings. The van der Waals surface area contributed by atoms with Gasteiger partial charge in [0.2, 0.25) is 0 Å². The van der Waals surface area contributed by atoms with Gasteiger partial charge in [-0.15, -0.1) is 10.2 Å². The highest BCUT2D eigenvalue weighted by Gasteiger charge is 2.52. The van der Waals surface area contributed by atoms with E-state index in [1.54, 1.807) is 0 Å². The molecule has 1 saturated carbocycles. The van der Waals surface area contributed by atoms with E-state index < -0.39 is 5.41 Å². The minimum absolute atomic E-state index is 0.00311. The van der Waals surface area contributed by atoms with Crippen molar-refractivity contribution < 1.29 is 4.79 Å². The summed E-state index contributed by atoms with van der Waals surface area (Å²) in [5, 5.41) is 36.1. The molecule has 1 aliphatic heterocycles. The fourth-order valence-corrected chi connectivity index (χ4v) is 7.79. The molecule has 3 unspecified atom stereocenters. The summed E-state index contributed by atoms with van der Waals surface area (Å²) in [7, 11) is 0. The average molecular weight is 634 g/mol. The Morgan fingerprint density at radius 3 is 2.30 bits per heavy atom. The van der Waals surface area contributed by atoms with Crippen LogP contribution in [0.15, 0.2) is 55.3 Å². The van der Waals surface area contributed by atoms with Crippen LogP contribution in [0, 0.1) is 17.2 Å². The zero-order valence-corrected chi connectivity index (χ0v) is 28.2. The lowest BCUT2D eigenvalue weighted by molar-refractivity contribution is 0.0943. The monoisotopic (exact) mass is 633 g/mol. The van der Waals surface area contributed by atoms with E-state index in [1.807, 2.05) is 26.0 Å². The van der Waals surface area contributed by atoms with Gasteiger partial charge in [-0.2, -0.15) is 10.5 Å². The van der Waals surface area contributed by atoms with Gasteiger partial charge in [0, 0.05) is 47.7 Å². The molecule has 1 aromatic heterocycles. The number of carbonyl (C=O) groups excluding carboxylic acids is 1. The number of rotatable bonds is 12. The van der Waals surface area contributed by atoms with Crippen molar-refractivity contribution in [3.8, 4) is 6.07 Å². The Morgan fingerprint density at radius 2 is 1.68 bits per heavy atom. The Balaban J connectivity index is 1.40. The van der Waals surface area contributed by atoms with Crippen LogP contribution in [0.25, 0.3) is 5.70 Å². The number of hydrogen-bond acceptors (Lipinski definition) is 8. The first-order chi connectivity index (χ1) is 22.5. The number of nitriles is 1. The lowest BCUT2D eigenvalue weighted by Crippen LogP contribution is -2.42. The van der Waals surface area contributed by atoms with Crippen LogP contribution in [0.1, 0.15) is 97.9 Å². The number of benzene rings is 2. The third kappa shape index (κ3) is 6.29. The van der Waals surface area contributed by atoms with E-state index in [4.69, 9.17) is 0 Å². The number of aromatic amines is 1. The molecule has 0 radical (unpaired) electrons. The maximum Gasteiger partial charge on any atom is 0.251 e. The highest BCUT2D eigenvalue weighted by atomic mass is 16.1. The first-order valence-corrected chi connectivity index (χ1v) is 16.9. The van der Waals surface area contributed by atoms with Gasteiger partial charge in [0.25, 0.3) is 5.91 Å². The zero-order valence-electron chi connectivity index (χ0n) is 28.2. The van der Waals surface area contributed by atoms with E-state index in [-0.39, 0.29) is 30.1 Å². The number of nitrogens with one attached hydrogen (secondary N) is 4. The summed E-state index contributed by atoms with van der Waals surface area (Å²) < 4.78 is 0. The normalized spacial score (nSPS) is 23.3. The molecule has 0 spiro atoms. The smallest absolute Gasteiger partial charge is 0.251 e. The van der Waals surface area contributed by atoms with Crippen LogP contribution in [-0.2, 0) is 18.3 Å². The number of tetrazole rings is 1. The summed E-state index contributed by atoms with van der Waals surface area (Å²) in [4.78, 5) is 15.4. The molecule has 3 aromatic rings. The third-order valence-electron chi connectivity index (χ3n) is 9.90. The number of likely N-dealkylation sites (tertiary alicyclic amines) is 1. The van der Waals surface area contributed by atoms with Crippen LogP contribution in [0.4, 0.5) is 0 Å². The number of amides is 1. The van der Waals surface area contributed by atoms with Gasteiger partial charge in [0.15, 0.2) is 5.82 Å². The lowest BCUT2D eigenvalue weighted by Gasteiger charge is -2.37. The molecule has 246 valence electrons. The maximum absolute atomic E-state index is 13.1. The van der Waals surface area contributed by atoms with E-state index in [9.17, 15) is 10.1 Å². The standard InChI is InChI=1S/C37H47N9O/c1-21(2)40-25(7)26-10-12-32-27(14-26)8-9-28-15-29(35(47)41-22(3)4)11-13-33(28)37(32,36-42-44-45-43-36)18-23(5)39-20-24(6)46-31(19-38)16-30-17-34(30)46/h10-15,21-23,30-31,34,39-40H,6-9,16-18,20H2,1-5H3,(H,41,47)(H,42,43,44,45)/t23-,30+,31?,34?,37?/m0/s1. The molecule has 10 nitrogen and oxygen atoms in total. The van der Waals surface area contributed by atoms with Gasteiger partial charge in [0.05, 0.1) is 11.5 Å². The summed E-state index contributed by atoms with van der Waals surface area (Å²) in [6.07, 6.45) is 4.26. The second kappa shape index (κ2) is 13.0. The van der Waals surface area contributed by atoms with Crippen LogP contribution >= 0.6 is 0 Å². The number of fused-ring (bicyclic) bond motifs is 3. The molecular formula is C37H47N9O. The summed E-state index contributed by atoms with van der Waals surface area (Å²) in [6, 6.07) is 15.7. The number of H-pyrrole nitrogens is 1. The topological polar surface area (TPSA) is 135 Å². The average Bonchev–Trinajstić information content (AvgIpc) is 3.41. The van der Waals surface area contributed by atoms with Gasteiger partial charge >= 0.3 is 0 Å². The predicted molar refractivity (Wildman–Crippen MR) is 183 cm³/mol. The van der Waals surface area contributed by atoms with Crippen molar-refractivity contribution in [2.24, 2.45) is 5.92 Å². The molecule has 1 saturated heterocycles. The molecule has 2 heterocycles. The lowest BCUT2D eigenvalue weighted by atomic mass is 9.67. The van der Waals surface area contributed by atoms with Gasteiger partial charge in [-0.05, 0) is 119 Å². The molecule has 1 amide bonds. The third-order valence-corrected chi connectivity index (χ3v) is 9.90. The predicted octanol–water partition coefficient (Wildman–Crippen LogP) is 4.61. The van der Waals surface area contributed by atoms with E-state index in [0.717, 1.165) is 59.3 Å². The van der Waals surface area contributed by atoms with Gasteiger partial charge in [-0.3, -0.25) is 4.79 Å². The maximum atomic E-state index is 13.1. The van der Waals surface area contributed by atoms with Crippen molar-refractivity contribution in [2.45, 2.75) is 102 Å². The SMILES string of the molecule is C=C(NC(C)C)c1ccc2c(c1)CCc1cc(C(=O)NC(C)C)ccc1C2(C[C@H](C)NCC(=C)N1C(C#N)C[C@@H]2CC21)c1nn[nH]n1. The van der Waals surface area contributed by atoms with Crippen molar-refractivity contribution in [1.82, 2.24) is 41.5 Å². The Morgan fingerprint density at radius 1 is 1.02 bits per heavy atom. The minimum atomic E-state index is -0.759. The molecule has 4 N–H and O–H groups in total. The van der Waals surface area contributed by atoms with Gasteiger partial charge in [0.1, 0.15) is 6.04 Å². The summed E-state index contributed by atoms with van der Waals surface area (Å²) in [5.74, 6) is 1.13. The minimum Gasteiger partial charge on any atom is -0.383 e. The number of aromatic nitrogens is 4. The molecule has 2 aromatic carbocycles. The molecule has 47 heavy (non-hydrogen) atoms. The number of aryl methyl sites for hydroxylation is 2. The summed E-state index contributed by atoms with van der Waals surface area (Å²) >= 11 is 0. The largest absolute Gasteiger partial charge is 0.383 e. The first kappa shape index (κ1) is 32.5. The number of nitrogens with zero attached hydrogens (tertiary/aromatic N) is 5. The molecule has 0 bridgehead atoms. The van der Waals surface area contributed by atoms with E-state index >= 15 is 0 Å². The second-order valence-corrected chi connectivity index (χ2v) is 14.2. The van der Waals surface area contributed by atoms with Crippen molar-refractivity contribution >= 4 is 11.6 Å². The highest BCUT2D eigenvalue weighted by Crippen LogP contribution is 2.49. The molecule has 10 heteroatoms. The Kier molecular flexibility index (Phi) is 8.95. The Hall–Kier alpha value is -4.49. The van der Waals surface area contributed by atoms with Crippen LogP contribution in [0.5, 0.6) is 0 Å². The molecule has 5 atom stereocenters. The first-order valence-electron chi connectivity index (χ1n) is 16.9. The Labute approximate surface area is 278 Å².